The van der Waals surface area contributed by atoms with E-state index in [4.69, 9.17) is 5.10 Å². The van der Waals surface area contributed by atoms with E-state index in [0.717, 1.165) is 64.0 Å². The van der Waals surface area contributed by atoms with Gasteiger partial charge in [0.25, 0.3) is 5.91 Å². The monoisotopic (exact) mass is 407 g/mol. The van der Waals surface area contributed by atoms with Crippen LogP contribution in [0.3, 0.4) is 0 Å². The molecule has 1 aliphatic carbocycles. The first-order valence-electron chi connectivity index (χ1n) is 11.1. The molecule has 0 spiro atoms. The average molecular weight is 408 g/mol. The summed E-state index contributed by atoms with van der Waals surface area (Å²) in [5.41, 5.74) is 4.37. The maximum atomic E-state index is 13.3. The molecule has 4 rings (SSSR count). The van der Waals surface area contributed by atoms with Crippen LogP contribution in [-0.4, -0.2) is 71.3 Å². The van der Waals surface area contributed by atoms with Crippen LogP contribution in [0, 0.1) is 0 Å². The fourth-order valence-corrected chi connectivity index (χ4v) is 4.53. The highest BCUT2D eigenvalue weighted by Crippen LogP contribution is 2.26. The molecular weight excluding hydrogens is 374 g/mol. The van der Waals surface area contributed by atoms with Crippen molar-refractivity contribution in [3.05, 3.63) is 65.5 Å². The highest BCUT2D eigenvalue weighted by atomic mass is 16.2. The van der Waals surface area contributed by atoms with Crippen molar-refractivity contribution < 1.29 is 4.79 Å². The number of aromatic nitrogens is 2. The molecule has 1 fully saturated rings. The molecule has 2 heterocycles. The Hall–Kier alpha value is -2.44. The fraction of sp³-hybridized carbons (Fsp3) is 0.500. The third-order valence-electron chi connectivity index (χ3n) is 6.33. The lowest BCUT2D eigenvalue weighted by atomic mass is 9.91. The van der Waals surface area contributed by atoms with Crippen LogP contribution in [0.5, 0.6) is 0 Å². The van der Waals surface area contributed by atoms with Crippen LogP contribution in [0.2, 0.25) is 0 Å². The van der Waals surface area contributed by atoms with Crippen molar-refractivity contribution in [1.29, 1.82) is 0 Å². The zero-order valence-corrected chi connectivity index (χ0v) is 18.0. The van der Waals surface area contributed by atoms with E-state index in [2.05, 4.69) is 54.2 Å². The van der Waals surface area contributed by atoms with Crippen LogP contribution in [0.1, 0.15) is 33.7 Å². The van der Waals surface area contributed by atoms with E-state index in [1.165, 1.54) is 11.3 Å². The highest BCUT2D eigenvalue weighted by Gasteiger charge is 2.31. The first-order valence-corrected chi connectivity index (χ1v) is 11.1. The number of piperazine rings is 1. The normalized spacial score (nSPS) is 19.5. The van der Waals surface area contributed by atoms with Crippen molar-refractivity contribution in [3.63, 3.8) is 0 Å². The van der Waals surface area contributed by atoms with E-state index in [1.807, 2.05) is 15.7 Å². The van der Waals surface area contributed by atoms with Gasteiger partial charge in [0.2, 0.25) is 0 Å². The van der Waals surface area contributed by atoms with Crippen LogP contribution in [0.15, 0.2) is 43.0 Å². The second kappa shape index (κ2) is 9.58. The Morgan fingerprint density at radius 1 is 1.23 bits per heavy atom. The van der Waals surface area contributed by atoms with Gasteiger partial charge < -0.3 is 15.1 Å². The van der Waals surface area contributed by atoms with Crippen molar-refractivity contribution in [2.75, 3.05) is 39.8 Å². The molecule has 1 amide bonds. The number of hydrogen-bond acceptors (Lipinski definition) is 4. The molecule has 160 valence electrons. The number of rotatable bonds is 7. The molecule has 0 bridgehead atoms. The lowest BCUT2D eigenvalue weighted by Crippen LogP contribution is -2.47. The standard InChI is InChI=1S/C24H33N5O/c1-3-13-29-22-10-9-20(25-12-11-19-7-5-4-6-8-19)18-21(22)23(26-29)24(30)28-16-14-27(2)15-17-28/h3-8,20,25H,1,9-18H2,2H3/t20-/m1/s1. The number of carbonyl (C=O) groups excluding carboxylic acids is 1. The van der Waals surface area contributed by atoms with E-state index in [1.54, 1.807) is 0 Å². The number of benzene rings is 1. The summed E-state index contributed by atoms with van der Waals surface area (Å²) >= 11 is 0. The second-order valence-corrected chi connectivity index (χ2v) is 8.47. The quantitative estimate of drug-likeness (QED) is 0.715. The molecular formula is C24H33N5O. The van der Waals surface area contributed by atoms with Crippen molar-refractivity contribution in [3.8, 4) is 0 Å². The van der Waals surface area contributed by atoms with Gasteiger partial charge in [0, 0.05) is 43.5 Å². The topological polar surface area (TPSA) is 53.4 Å². The van der Waals surface area contributed by atoms with Gasteiger partial charge in [0.05, 0.1) is 6.54 Å². The predicted molar refractivity (Wildman–Crippen MR) is 120 cm³/mol. The molecule has 1 aromatic heterocycles. The predicted octanol–water partition coefficient (Wildman–Crippen LogP) is 2.15. The summed E-state index contributed by atoms with van der Waals surface area (Å²) in [6.45, 7) is 8.87. The molecule has 0 unspecified atom stereocenters. The SMILES string of the molecule is C=CCn1nc(C(=O)N2CCN(C)CC2)c2c1CC[C@@H](NCCc1ccccc1)C2. The number of likely N-dealkylation sites (N-methyl/N-ethyl adjacent to an activating group) is 1. The van der Waals surface area contributed by atoms with Gasteiger partial charge in [-0.1, -0.05) is 36.4 Å². The summed E-state index contributed by atoms with van der Waals surface area (Å²) in [6, 6.07) is 11.0. The van der Waals surface area contributed by atoms with Gasteiger partial charge in [-0.25, -0.2) is 0 Å². The number of hydrogen-bond donors (Lipinski definition) is 1. The number of amides is 1. The first-order chi connectivity index (χ1) is 14.7. The van der Waals surface area contributed by atoms with E-state index in [0.29, 0.717) is 18.3 Å². The number of allylic oxidation sites excluding steroid dienone is 1. The van der Waals surface area contributed by atoms with Crippen LogP contribution in [-0.2, 0) is 25.8 Å². The molecule has 2 aromatic rings. The van der Waals surface area contributed by atoms with Crippen LogP contribution >= 0.6 is 0 Å². The summed E-state index contributed by atoms with van der Waals surface area (Å²) in [6.07, 6.45) is 5.78. The van der Waals surface area contributed by atoms with E-state index in [-0.39, 0.29) is 5.91 Å². The Morgan fingerprint density at radius 2 is 2.00 bits per heavy atom. The molecule has 1 atom stereocenters. The van der Waals surface area contributed by atoms with E-state index in [9.17, 15) is 4.79 Å². The molecule has 1 aromatic carbocycles. The van der Waals surface area contributed by atoms with Gasteiger partial charge in [0.1, 0.15) is 0 Å². The third-order valence-corrected chi connectivity index (χ3v) is 6.33. The minimum Gasteiger partial charge on any atom is -0.335 e. The Kier molecular flexibility index (Phi) is 6.65. The van der Waals surface area contributed by atoms with Crippen LogP contribution < -0.4 is 5.32 Å². The summed E-state index contributed by atoms with van der Waals surface area (Å²) in [7, 11) is 2.11. The number of nitrogens with zero attached hydrogens (tertiary/aromatic N) is 4. The molecule has 1 saturated heterocycles. The van der Waals surface area contributed by atoms with Gasteiger partial charge in [0.15, 0.2) is 5.69 Å². The molecule has 0 saturated carbocycles. The largest absolute Gasteiger partial charge is 0.335 e. The zero-order chi connectivity index (χ0) is 20.9. The van der Waals surface area contributed by atoms with Crippen LogP contribution in [0.25, 0.3) is 0 Å². The van der Waals surface area contributed by atoms with Gasteiger partial charge in [-0.2, -0.15) is 5.10 Å². The number of carbonyl (C=O) groups is 1. The number of nitrogens with one attached hydrogen (secondary N) is 1. The Morgan fingerprint density at radius 3 is 2.73 bits per heavy atom. The molecule has 0 radical (unpaired) electrons. The summed E-state index contributed by atoms with van der Waals surface area (Å²) < 4.78 is 1.99. The molecule has 1 N–H and O–H groups in total. The molecule has 2 aliphatic rings. The first kappa shape index (κ1) is 20.8. The van der Waals surface area contributed by atoms with Crippen molar-refractivity contribution in [2.24, 2.45) is 0 Å². The van der Waals surface area contributed by atoms with E-state index < -0.39 is 0 Å². The van der Waals surface area contributed by atoms with Gasteiger partial charge in [-0.05, 0) is 44.8 Å². The minimum atomic E-state index is 0.0899. The summed E-state index contributed by atoms with van der Waals surface area (Å²) in [5, 5.41) is 8.47. The summed E-state index contributed by atoms with van der Waals surface area (Å²) in [5.74, 6) is 0.0899. The summed E-state index contributed by atoms with van der Waals surface area (Å²) in [4.78, 5) is 17.5. The van der Waals surface area contributed by atoms with E-state index >= 15 is 0 Å². The fourth-order valence-electron chi connectivity index (χ4n) is 4.53. The zero-order valence-electron chi connectivity index (χ0n) is 18.0. The molecule has 1 aliphatic heterocycles. The second-order valence-electron chi connectivity index (χ2n) is 8.47. The van der Waals surface area contributed by atoms with Crippen molar-refractivity contribution in [2.45, 2.75) is 38.3 Å². The van der Waals surface area contributed by atoms with Gasteiger partial charge in [-0.15, -0.1) is 6.58 Å². The Labute approximate surface area is 179 Å². The third kappa shape index (κ3) is 4.65. The van der Waals surface area contributed by atoms with Gasteiger partial charge in [-0.3, -0.25) is 9.48 Å². The molecule has 6 nitrogen and oxygen atoms in total. The molecule has 6 heteroatoms. The average Bonchev–Trinajstić information content (AvgIpc) is 3.13. The van der Waals surface area contributed by atoms with Crippen molar-refractivity contribution in [1.82, 2.24) is 24.9 Å². The maximum absolute atomic E-state index is 13.3. The maximum Gasteiger partial charge on any atom is 0.274 e. The smallest absolute Gasteiger partial charge is 0.274 e. The lowest BCUT2D eigenvalue weighted by Gasteiger charge is -2.32. The van der Waals surface area contributed by atoms with Crippen molar-refractivity contribution >= 4 is 5.91 Å². The minimum absolute atomic E-state index is 0.0899. The van der Waals surface area contributed by atoms with Crippen LogP contribution in [0.4, 0.5) is 0 Å². The number of fused-ring (bicyclic) bond motifs is 1. The van der Waals surface area contributed by atoms with Gasteiger partial charge >= 0.3 is 0 Å². The highest BCUT2D eigenvalue weighted by molar-refractivity contribution is 5.94. The Balaban J connectivity index is 1.45. The molecule has 30 heavy (non-hydrogen) atoms. The Bertz CT molecular complexity index is 867. The lowest BCUT2D eigenvalue weighted by molar-refractivity contribution is 0.0656.